The second-order valence-corrected chi connectivity index (χ2v) is 10.8. The molecule has 1 N–H and O–H groups in total. The van der Waals surface area contributed by atoms with Gasteiger partial charge in [-0.15, -0.1) is 5.10 Å². The van der Waals surface area contributed by atoms with Crippen molar-refractivity contribution in [2.24, 2.45) is 0 Å². The van der Waals surface area contributed by atoms with Crippen LogP contribution < -0.4 is 4.90 Å². The molecule has 8 heteroatoms. The zero-order valence-electron chi connectivity index (χ0n) is 18.7. The molecular weight excluding hydrogens is 382 g/mol. The van der Waals surface area contributed by atoms with Gasteiger partial charge in [0.25, 0.3) is 0 Å². The van der Waals surface area contributed by atoms with Gasteiger partial charge in [-0.05, 0) is 13.0 Å². The number of nitrogens with zero attached hydrogens (tertiary/aromatic N) is 6. The van der Waals surface area contributed by atoms with Gasteiger partial charge >= 0.3 is 0 Å². The van der Waals surface area contributed by atoms with E-state index in [9.17, 15) is 0 Å². The van der Waals surface area contributed by atoms with Crippen molar-refractivity contribution in [1.82, 2.24) is 30.0 Å². The third-order valence-electron chi connectivity index (χ3n) is 5.09. The highest BCUT2D eigenvalue weighted by Gasteiger charge is 2.26. The van der Waals surface area contributed by atoms with Gasteiger partial charge < -0.3 is 4.90 Å². The smallest absolute Gasteiger partial charge is 0.208 e. The summed E-state index contributed by atoms with van der Waals surface area (Å²) in [7, 11) is 0. The van der Waals surface area contributed by atoms with Crippen LogP contribution in [0.3, 0.4) is 0 Å². The number of nitrogens with one attached hydrogen (secondary N) is 1. The van der Waals surface area contributed by atoms with Crippen molar-refractivity contribution < 1.29 is 0 Å². The second-order valence-electron chi connectivity index (χ2n) is 9.75. The lowest BCUT2D eigenvalue weighted by molar-refractivity contribution is 0.258. The van der Waals surface area contributed by atoms with E-state index in [4.69, 9.17) is 9.97 Å². The summed E-state index contributed by atoms with van der Waals surface area (Å²) in [6.45, 7) is 18.5. The van der Waals surface area contributed by atoms with Crippen molar-refractivity contribution >= 4 is 17.6 Å². The Bertz CT molecular complexity index is 737. The monoisotopic (exact) mass is 417 g/mol. The van der Waals surface area contributed by atoms with E-state index in [-0.39, 0.29) is 10.8 Å². The van der Waals surface area contributed by atoms with Crippen LogP contribution in [0.4, 0.5) is 5.82 Å². The Hall–Kier alpha value is -1.67. The van der Waals surface area contributed by atoms with Crippen molar-refractivity contribution in [2.75, 3.05) is 43.4 Å². The minimum absolute atomic E-state index is 0.0142. The molecular formula is C21H35N7S. The van der Waals surface area contributed by atoms with Gasteiger partial charge in [0.1, 0.15) is 18.0 Å². The van der Waals surface area contributed by atoms with Gasteiger partial charge in [-0.25, -0.2) is 15.0 Å². The van der Waals surface area contributed by atoms with E-state index in [1.165, 1.54) is 0 Å². The molecule has 0 atom stereocenters. The third-order valence-corrected chi connectivity index (χ3v) is 6.04. The molecule has 7 nitrogen and oxygen atoms in total. The highest BCUT2D eigenvalue weighted by Crippen LogP contribution is 2.28. The summed E-state index contributed by atoms with van der Waals surface area (Å²) >= 11 is 1.71. The summed E-state index contributed by atoms with van der Waals surface area (Å²) in [5.74, 6) is 3.06. The maximum atomic E-state index is 4.95. The van der Waals surface area contributed by atoms with Crippen LogP contribution in [0, 0.1) is 0 Å². The van der Waals surface area contributed by atoms with Crippen LogP contribution in [-0.4, -0.2) is 68.5 Å². The summed E-state index contributed by atoms with van der Waals surface area (Å²) < 4.78 is 0. The molecule has 0 unspecified atom stereocenters. The van der Waals surface area contributed by atoms with Crippen molar-refractivity contribution in [3.8, 4) is 0 Å². The maximum absolute atomic E-state index is 4.95. The van der Waals surface area contributed by atoms with E-state index in [0.717, 1.165) is 67.4 Å². The summed E-state index contributed by atoms with van der Waals surface area (Å²) in [6, 6.07) is 2.19. The van der Waals surface area contributed by atoms with E-state index in [1.807, 2.05) is 0 Å². The van der Waals surface area contributed by atoms with E-state index >= 15 is 0 Å². The van der Waals surface area contributed by atoms with E-state index in [0.29, 0.717) is 0 Å². The molecule has 2 aromatic heterocycles. The van der Waals surface area contributed by atoms with Gasteiger partial charge in [0.2, 0.25) is 5.16 Å². The van der Waals surface area contributed by atoms with Crippen molar-refractivity contribution in [3.05, 3.63) is 23.9 Å². The number of hydrogen-bond donors (Lipinski definition) is 1. The topological polar surface area (TPSA) is 73.8 Å². The Morgan fingerprint density at radius 3 is 2.31 bits per heavy atom. The number of aromatic amines is 1. The zero-order chi connectivity index (χ0) is 21.1. The molecule has 0 bridgehead atoms. The number of piperazine rings is 1. The molecule has 1 fully saturated rings. The molecule has 1 saturated heterocycles. The van der Waals surface area contributed by atoms with Crippen LogP contribution in [0.15, 0.2) is 17.6 Å². The zero-order valence-corrected chi connectivity index (χ0v) is 19.5. The molecule has 29 heavy (non-hydrogen) atoms. The van der Waals surface area contributed by atoms with Crippen LogP contribution in [0.25, 0.3) is 0 Å². The predicted molar refractivity (Wildman–Crippen MR) is 120 cm³/mol. The first-order chi connectivity index (χ1) is 13.6. The Labute approximate surface area is 179 Å². The number of rotatable bonds is 6. The van der Waals surface area contributed by atoms with Crippen molar-refractivity contribution in [2.45, 2.75) is 63.9 Å². The molecule has 160 valence electrons. The van der Waals surface area contributed by atoms with Crippen molar-refractivity contribution in [3.63, 3.8) is 0 Å². The van der Waals surface area contributed by atoms with E-state index in [2.05, 4.69) is 72.6 Å². The molecule has 0 aliphatic carbocycles. The van der Waals surface area contributed by atoms with Gasteiger partial charge in [0.05, 0.1) is 5.69 Å². The van der Waals surface area contributed by atoms with Crippen LogP contribution >= 0.6 is 11.8 Å². The molecule has 2 aromatic rings. The average Bonchev–Trinajstić information content (AvgIpc) is 3.17. The van der Waals surface area contributed by atoms with E-state index in [1.54, 1.807) is 18.1 Å². The Morgan fingerprint density at radius 1 is 1.00 bits per heavy atom. The molecule has 0 radical (unpaired) electrons. The number of hydrogen-bond acceptors (Lipinski definition) is 7. The Balaban J connectivity index is 1.57. The summed E-state index contributed by atoms with van der Waals surface area (Å²) in [6.07, 6.45) is 2.78. The first-order valence-electron chi connectivity index (χ1n) is 10.5. The Kier molecular flexibility index (Phi) is 6.83. The van der Waals surface area contributed by atoms with Gasteiger partial charge in [-0.1, -0.05) is 53.3 Å². The van der Waals surface area contributed by atoms with Crippen LogP contribution in [0.1, 0.15) is 59.5 Å². The SMILES string of the molecule is CC(C)(C)c1cc(N2CCN(CCCSc3nc[nH]n3)CC2)nc(C(C)(C)C)n1. The fourth-order valence-electron chi connectivity index (χ4n) is 3.23. The quantitative estimate of drug-likeness (QED) is 0.569. The lowest BCUT2D eigenvalue weighted by atomic mass is 9.90. The molecule has 0 amide bonds. The molecule has 0 spiro atoms. The predicted octanol–water partition coefficient (Wildman–Crippen LogP) is 3.49. The Morgan fingerprint density at radius 2 is 1.72 bits per heavy atom. The fraction of sp³-hybridized carbons (Fsp3) is 0.714. The molecule has 3 rings (SSSR count). The van der Waals surface area contributed by atoms with Gasteiger partial charge in [-0.3, -0.25) is 10.00 Å². The average molecular weight is 418 g/mol. The van der Waals surface area contributed by atoms with Gasteiger partial charge in [0.15, 0.2) is 0 Å². The van der Waals surface area contributed by atoms with Gasteiger partial charge in [-0.2, -0.15) is 0 Å². The highest BCUT2D eigenvalue weighted by molar-refractivity contribution is 7.99. The van der Waals surface area contributed by atoms with Crippen LogP contribution in [0.5, 0.6) is 0 Å². The number of aromatic nitrogens is 5. The highest BCUT2D eigenvalue weighted by atomic mass is 32.2. The summed E-state index contributed by atoms with van der Waals surface area (Å²) in [5.41, 5.74) is 1.08. The molecule has 1 aliphatic rings. The summed E-state index contributed by atoms with van der Waals surface area (Å²) in [5, 5.41) is 7.68. The molecule has 0 aromatic carbocycles. The number of H-pyrrole nitrogens is 1. The number of thioether (sulfide) groups is 1. The fourth-order valence-corrected chi connectivity index (χ4v) is 3.94. The maximum Gasteiger partial charge on any atom is 0.208 e. The van der Waals surface area contributed by atoms with Gasteiger partial charge in [0, 0.05) is 48.8 Å². The normalized spacial score (nSPS) is 16.4. The molecule has 0 saturated carbocycles. The molecule has 3 heterocycles. The first kappa shape index (κ1) is 22.0. The van der Waals surface area contributed by atoms with Crippen LogP contribution in [-0.2, 0) is 10.8 Å². The third kappa shape index (κ3) is 6.15. The standard InChI is InChI=1S/C21H35N7S/c1-20(2,3)16-14-17(25-18(24-16)21(4,5)6)28-11-9-27(10-12-28)8-7-13-29-19-22-15-23-26-19/h14-15H,7-13H2,1-6H3,(H,22,23,26). The summed E-state index contributed by atoms with van der Waals surface area (Å²) in [4.78, 5) is 19.0. The van der Waals surface area contributed by atoms with E-state index < -0.39 is 0 Å². The minimum Gasteiger partial charge on any atom is -0.354 e. The lowest BCUT2D eigenvalue weighted by Gasteiger charge is -2.36. The first-order valence-corrected chi connectivity index (χ1v) is 11.5. The van der Waals surface area contributed by atoms with Crippen molar-refractivity contribution in [1.29, 1.82) is 0 Å². The second kappa shape index (κ2) is 9.00. The minimum atomic E-state index is -0.0569. The number of anilines is 1. The largest absolute Gasteiger partial charge is 0.354 e. The lowest BCUT2D eigenvalue weighted by Crippen LogP contribution is -2.47. The van der Waals surface area contributed by atoms with Crippen LogP contribution in [0.2, 0.25) is 0 Å². The molecule has 1 aliphatic heterocycles.